The van der Waals surface area contributed by atoms with Gasteiger partial charge in [-0.1, -0.05) is 19.1 Å². The first-order valence-corrected chi connectivity index (χ1v) is 10.7. The fourth-order valence-corrected chi connectivity index (χ4v) is 3.99. The number of nitrogens with zero attached hydrogens (tertiary/aromatic N) is 2. The van der Waals surface area contributed by atoms with Crippen LogP contribution in [0.1, 0.15) is 36.8 Å². The molecule has 1 fully saturated rings. The van der Waals surface area contributed by atoms with Crippen molar-refractivity contribution in [2.24, 2.45) is 4.99 Å². The molecule has 1 aliphatic rings. The highest BCUT2D eigenvalue weighted by atomic mass is 32.1. The summed E-state index contributed by atoms with van der Waals surface area (Å²) < 4.78 is 0. The molecule has 1 aliphatic heterocycles. The molecule has 0 bridgehead atoms. The van der Waals surface area contributed by atoms with E-state index in [-0.39, 0.29) is 6.03 Å². The predicted molar refractivity (Wildman–Crippen MR) is 117 cm³/mol. The predicted octanol–water partition coefficient (Wildman–Crippen LogP) is 3.84. The van der Waals surface area contributed by atoms with E-state index in [2.05, 4.69) is 44.7 Å². The smallest absolute Gasteiger partial charge is 0.321 e. The van der Waals surface area contributed by atoms with Crippen LogP contribution in [-0.2, 0) is 6.54 Å². The Morgan fingerprint density at radius 3 is 2.79 bits per heavy atom. The number of likely N-dealkylation sites (tertiary alicyclic amines) is 1. The van der Waals surface area contributed by atoms with Crippen molar-refractivity contribution in [2.75, 3.05) is 32.0 Å². The summed E-state index contributed by atoms with van der Waals surface area (Å²) in [4.78, 5) is 18.4. The molecule has 1 atom stereocenters. The van der Waals surface area contributed by atoms with Crippen LogP contribution in [0.3, 0.4) is 0 Å². The number of rotatable bonds is 6. The van der Waals surface area contributed by atoms with Crippen LogP contribution in [0.5, 0.6) is 0 Å². The number of nitrogens with one attached hydrogen (secondary N) is 3. The van der Waals surface area contributed by atoms with Crippen LogP contribution in [0.2, 0.25) is 0 Å². The Bertz CT molecular complexity index is 784. The third-order valence-corrected chi connectivity index (χ3v) is 5.64. The van der Waals surface area contributed by atoms with Gasteiger partial charge in [-0.25, -0.2) is 4.79 Å². The molecule has 1 saturated heterocycles. The lowest BCUT2D eigenvalue weighted by Gasteiger charge is -2.17. The number of guanidine groups is 1. The summed E-state index contributed by atoms with van der Waals surface area (Å²) in [6.07, 6.45) is 2.18. The minimum atomic E-state index is -0.0116. The summed E-state index contributed by atoms with van der Waals surface area (Å²) >= 11 is 1.72. The largest absolute Gasteiger partial charge is 0.356 e. The first-order valence-electron chi connectivity index (χ1n) is 9.77. The number of hydrogen-bond acceptors (Lipinski definition) is 3. The van der Waals surface area contributed by atoms with Gasteiger partial charge in [0.05, 0.1) is 0 Å². The minimum Gasteiger partial charge on any atom is -0.356 e. The van der Waals surface area contributed by atoms with Gasteiger partial charge in [-0.2, -0.15) is 11.3 Å². The molecule has 1 aromatic carbocycles. The lowest BCUT2D eigenvalue weighted by atomic mass is 10.1. The van der Waals surface area contributed by atoms with E-state index in [0.717, 1.165) is 49.7 Å². The van der Waals surface area contributed by atoms with Crippen LogP contribution < -0.4 is 16.0 Å². The standard InChI is InChI=1S/C21H29N5OS/c1-16(18-8-11-28-15-18)13-23-20(22-2)24-14-17-6-5-7-19(12-17)25-21(27)26-9-3-4-10-26/h5-8,11-12,15-16H,3-4,9-10,13-14H2,1-2H3,(H,25,27)(H2,22,23,24). The zero-order valence-electron chi connectivity index (χ0n) is 16.6. The van der Waals surface area contributed by atoms with Crippen molar-refractivity contribution in [3.05, 3.63) is 52.2 Å². The van der Waals surface area contributed by atoms with E-state index in [0.29, 0.717) is 12.5 Å². The second kappa shape index (κ2) is 10.1. The Labute approximate surface area is 171 Å². The minimum absolute atomic E-state index is 0.0116. The number of carbonyl (C=O) groups is 1. The topological polar surface area (TPSA) is 68.8 Å². The van der Waals surface area contributed by atoms with E-state index in [4.69, 9.17) is 0 Å². The van der Waals surface area contributed by atoms with Crippen molar-refractivity contribution < 1.29 is 4.79 Å². The Morgan fingerprint density at radius 2 is 2.07 bits per heavy atom. The fourth-order valence-electron chi connectivity index (χ4n) is 3.21. The molecule has 1 unspecified atom stereocenters. The molecule has 28 heavy (non-hydrogen) atoms. The molecular weight excluding hydrogens is 370 g/mol. The highest BCUT2D eigenvalue weighted by molar-refractivity contribution is 7.07. The zero-order chi connectivity index (χ0) is 19.8. The Kier molecular flexibility index (Phi) is 7.31. The lowest BCUT2D eigenvalue weighted by Crippen LogP contribution is -2.38. The molecule has 7 heteroatoms. The van der Waals surface area contributed by atoms with Gasteiger partial charge in [-0.05, 0) is 58.8 Å². The average Bonchev–Trinajstić information content (AvgIpc) is 3.42. The number of anilines is 1. The third kappa shape index (κ3) is 5.73. The molecule has 1 aromatic heterocycles. The van der Waals surface area contributed by atoms with Crippen LogP contribution in [0.4, 0.5) is 10.5 Å². The van der Waals surface area contributed by atoms with Crippen LogP contribution in [0.15, 0.2) is 46.1 Å². The third-order valence-electron chi connectivity index (χ3n) is 4.94. The number of benzene rings is 1. The van der Waals surface area contributed by atoms with Gasteiger partial charge in [-0.15, -0.1) is 0 Å². The number of thiophene rings is 1. The first kappa shape index (κ1) is 20.2. The molecule has 2 amide bonds. The number of aliphatic imine (C=N–C) groups is 1. The number of urea groups is 1. The van der Waals surface area contributed by atoms with Crippen molar-refractivity contribution in [3.8, 4) is 0 Å². The van der Waals surface area contributed by atoms with Crippen LogP contribution in [0.25, 0.3) is 0 Å². The van der Waals surface area contributed by atoms with Gasteiger partial charge in [0.1, 0.15) is 0 Å². The summed E-state index contributed by atoms with van der Waals surface area (Å²) in [6.45, 7) is 5.36. The molecule has 150 valence electrons. The fraction of sp³-hybridized carbons (Fsp3) is 0.429. The quantitative estimate of drug-likeness (QED) is 0.511. The van der Waals surface area contributed by atoms with Gasteiger partial charge in [0, 0.05) is 38.9 Å². The van der Waals surface area contributed by atoms with Crippen molar-refractivity contribution >= 4 is 29.0 Å². The maximum absolute atomic E-state index is 12.3. The molecule has 3 N–H and O–H groups in total. The summed E-state index contributed by atoms with van der Waals surface area (Å²) in [7, 11) is 1.78. The monoisotopic (exact) mass is 399 g/mol. The molecule has 2 aromatic rings. The van der Waals surface area contributed by atoms with Gasteiger partial charge in [0.2, 0.25) is 0 Å². The lowest BCUT2D eigenvalue weighted by molar-refractivity contribution is 0.222. The second-order valence-electron chi connectivity index (χ2n) is 7.09. The SMILES string of the molecule is CN=C(NCc1cccc(NC(=O)N2CCCC2)c1)NCC(C)c1ccsc1. The number of amides is 2. The van der Waals surface area contributed by atoms with Crippen LogP contribution in [-0.4, -0.2) is 43.6 Å². The van der Waals surface area contributed by atoms with Crippen molar-refractivity contribution in [1.82, 2.24) is 15.5 Å². The molecule has 3 rings (SSSR count). The molecule has 0 radical (unpaired) electrons. The summed E-state index contributed by atoms with van der Waals surface area (Å²) in [6, 6.07) is 10.1. The van der Waals surface area contributed by atoms with Crippen molar-refractivity contribution in [1.29, 1.82) is 0 Å². The molecular formula is C21H29N5OS. The van der Waals surface area contributed by atoms with Crippen molar-refractivity contribution in [2.45, 2.75) is 32.2 Å². The van der Waals surface area contributed by atoms with E-state index >= 15 is 0 Å². The Balaban J connectivity index is 1.48. The van der Waals surface area contributed by atoms with Crippen LogP contribution >= 0.6 is 11.3 Å². The molecule has 0 aliphatic carbocycles. The van der Waals surface area contributed by atoms with E-state index < -0.39 is 0 Å². The van der Waals surface area contributed by atoms with Gasteiger partial charge in [0.15, 0.2) is 5.96 Å². The summed E-state index contributed by atoms with van der Waals surface area (Å²) in [5.74, 6) is 1.20. The Hall–Kier alpha value is -2.54. The van der Waals surface area contributed by atoms with Gasteiger partial charge in [-0.3, -0.25) is 4.99 Å². The Morgan fingerprint density at radius 1 is 1.25 bits per heavy atom. The summed E-state index contributed by atoms with van der Waals surface area (Å²) in [5.41, 5.74) is 3.26. The maximum atomic E-state index is 12.3. The first-order chi connectivity index (χ1) is 13.7. The highest BCUT2D eigenvalue weighted by Crippen LogP contribution is 2.17. The second-order valence-corrected chi connectivity index (χ2v) is 7.87. The number of carbonyl (C=O) groups excluding carboxylic acids is 1. The van der Waals surface area contributed by atoms with E-state index in [1.807, 2.05) is 29.2 Å². The highest BCUT2D eigenvalue weighted by Gasteiger charge is 2.17. The van der Waals surface area contributed by atoms with E-state index in [1.54, 1.807) is 18.4 Å². The normalized spacial score (nSPS) is 15.4. The van der Waals surface area contributed by atoms with Gasteiger partial charge < -0.3 is 20.9 Å². The maximum Gasteiger partial charge on any atom is 0.321 e. The average molecular weight is 400 g/mol. The zero-order valence-corrected chi connectivity index (χ0v) is 17.4. The summed E-state index contributed by atoms with van der Waals surface area (Å²) in [5, 5.41) is 14.0. The number of hydrogen-bond donors (Lipinski definition) is 3. The van der Waals surface area contributed by atoms with Crippen LogP contribution in [0, 0.1) is 0 Å². The molecule has 0 spiro atoms. The van der Waals surface area contributed by atoms with Gasteiger partial charge >= 0.3 is 6.03 Å². The molecule has 6 nitrogen and oxygen atoms in total. The molecule has 0 saturated carbocycles. The van der Waals surface area contributed by atoms with Crippen molar-refractivity contribution in [3.63, 3.8) is 0 Å². The van der Waals surface area contributed by atoms with E-state index in [9.17, 15) is 4.79 Å². The molecule has 2 heterocycles. The van der Waals surface area contributed by atoms with Gasteiger partial charge in [0.25, 0.3) is 0 Å². The van der Waals surface area contributed by atoms with E-state index in [1.165, 1.54) is 5.56 Å².